The topological polar surface area (TPSA) is 24.4 Å². The molecular formula is C21H21ClF2N2S. The number of rotatable bonds is 5. The molecule has 2 aromatic rings. The van der Waals surface area contributed by atoms with E-state index in [-0.39, 0.29) is 11.1 Å². The Morgan fingerprint density at radius 1 is 1.33 bits per heavy atom. The van der Waals surface area contributed by atoms with Crippen molar-refractivity contribution in [3.05, 3.63) is 75.8 Å². The van der Waals surface area contributed by atoms with E-state index >= 15 is 0 Å². The van der Waals surface area contributed by atoms with E-state index in [4.69, 9.17) is 11.6 Å². The van der Waals surface area contributed by atoms with Gasteiger partial charge in [-0.3, -0.25) is 4.99 Å². The lowest BCUT2D eigenvalue weighted by Gasteiger charge is -2.24. The van der Waals surface area contributed by atoms with Crippen LogP contribution in [0.5, 0.6) is 0 Å². The van der Waals surface area contributed by atoms with Gasteiger partial charge >= 0.3 is 0 Å². The molecule has 0 radical (unpaired) electrons. The molecule has 2 nitrogen and oxygen atoms in total. The van der Waals surface area contributed by atoms with Crippen molar-refractivity contribution in [2.45, 2.75) is 26.3 Å². The number of hydrogen-bond acceptors (Lipinski definition) is 3. The number of hydrogen-bond donors (Lipinski definition) is 1. The first-order valence-corrected chi connectivity index (χ1v) is 10.1. The minimum atomic E-state index is -0.483. The number of amidine groups is 1. The quantitative estimate of drug-likeness (QED) is 0.636. The molecule has 0 spiro atoms. The van der Waals surface area contributed by atoms with E-state index in [1.54, 1.807) is 17.8 Å². The Hall–Kier alpha value is -1.85. The zero-order valence-electron chi connectivity index (χ0n) is 15.2. The normalized spacial score (nSPS) is 15.6. The van der Waals surface area contributed by atoms with Gasteiger partial charge in [-0.25, -0.2) is 8.78 Å². The lowest BCUT2D eigenvalue weighted by atomic mass is 9.91. The summed E-state index contributed by atoms with van der Waals surface area (Å²) in [7, 11) is 0. The molecular weight excluding hydrogens is 386 g/mol. The number of aliphatic imine (C=N–C) groups is 1. The molecule has 27 heavy (non-hydrogen) atoms. The molecule has 1 N–H and O–H groups in total. The number of nitrogens with one attached hydrogen (secondary N) is 1. The molecule has 0 aromatic heterocycles. The Kier molecular flexibility index (Phi) is 6.55. The maximum Gasteiger partial charge on any atom is 0.157 e. The molecule has 1 atom stereocenters. The molecule has 0 saturated heterocycles. The Balaban J connectivity index is 1.95. The van der Waals surface area contributed by atoms with Gasteiger partial charge in [-0.1, -0.05) is 41.6 Å². The average molecular weight is 407 g/mol. The SMILES string of the molecule is Cc1cccc(C(C/C(=C/F)c2cc(F)cc(Cl)c2)NC2=NCCS2)c1C. The predicted molar refractivity (Wildman–Crippen MR) is 112 cm³/mol. The van der Waals surface area contributed by atoms with Gasteiger partial charge in [0.25, 0.3) is 0 Å². The van der Waals surface area contributed by atoms with Crippen LogP contribution in [0.3, 0.4) is 0 Å². The van der Waals surface area contributed by atoms with Gasteiger partial charge in [-0.15, -0.1) is 0 Å². The van der Waals surface area contributed by atoms with Crippen LogP contribution in [-0.2, 0) is 0 Å². The lowest BCUT2D eigenvalue weighted by Crippen LogP contribution is -2.26. The van der Waals surface area contributed by atoms with Gasteiger partial charge < -0.3 is 5.32 Å². The highest BCUT2D eigenvalue weighted by Gasteiger charge is 2.21. The first kappa shape index (κ1) is 19.9. The van der Waals surface area contributed by atoms with Crippen LogP contribution in [0.2, 0.25) is 5.02 Å². The molecule has 0 bridgehead atoms. The van der Waals surface area contributed by atoms with Crippen LogP contribution in [0.4, 0.5) is 8.78 Å². The second kappa shape index (κ2) is 8.89. The van der Waals surface area contributed by atoms with Crippen molar-refractivity contribution >= 4 is 34.1 Å². The summed E-state index contributed by atoms with van der Waals surface area (Å²) in [5.41, 5.74) is 4.22. The summed E-state index contributed by atoms with van der Waals surface area (Å²) in [5.74, 6) is 0.455. The molecule has 0 saturated carbocycles. The third-order valence-electron chi connectivity index (χ3n) is 4.69. The van der Waals surface area contributed by atoms with Crippen molar-refractivity contribution < 1.29 is 8.78 Å². The van der Waals surface area contributed by atoms with Gasteiger partial charge in [-0.05, 0) is 66.3 Å². The molecule has 2 aromatic carbocycles. The summed E-state index contributed by atoms with van der Waals surface area (Å²) < 4.78 is 27.5. The number of thioether (sulfide) groups is 1. The van der Waals surface area contributed by atoms with Crippen LogP contribution >= 0.6 is 23.4 Å². The molecule has 142 valence electrons. The highest BCUT2D eigenvalue weighted by Crippen LogP contribution is 2.32. The van der Waals surface area contributed by atoms with Crippen molar-refractivity contribution in [3.8, 4) is 0 Å². The van der Waals surface area contributed by atoms with Crippen LogP contribution in [-0.4, -0.2) is 17.5 Å². The first-order valence-electron chi connectivity index (χ1n) is 8.73. The molecule has 1 aliphatic heterocycles. The van der Waals surface area contributed by atoms with Crippen LogP contribution in [0.1, 0.15) is 34.7 Å². The minimum Gasteiger partial charge on any atom is -0.358 e. The van der Waals surface area contributed by atoms with Gasteiger partial charge in [0.1, 0.15) is 5.82 Å². The summed E-state index contributed by atoms with van der Waals surface area (Å²) in [4.78, 5) is 4.46. The highest BCUT2D eigenvalue weighted by molar-refractivity contribution is 8.14. The molecule has 0 fully saturated rings. The smallest absolute Gasteiger partial charge is 0.157 e. The molecule has 1 aliphatic rings. The van der Waals surface area contributed by atoms with Crippen LogP contribution in [0.25, 0.3) is 5.57 Å². The number of aryl methyl sites for hydroxylation is 1. The van der Waals surface area contributed by atoms with Crippen molar-refractivity contribution in [2.75, 3.05) is 12.3 Å². The fourth-order valence-corrected chi connectivity index (χ4v) is 4.15. The van der Waals surface area contributed by atoms with Crippen molar-refractivity contribution in [2.24, 2.45) is 4.99 Å². The summed E-state index contributed by atoms with van der Waals surface area (Å²) in [6, 6.07) is 10.00. The minimum absolute atomic E-state index is 0.182. The van der Waals surface area contributed by atoms with Gasteiger partial charge in [-0.2, -0.15) is 0 Å². The number of halogens is 3. The van der Waals surface area contributed by atoms with Crippen molar-refractivity contribution in [1.82, 2.24) is 5.32 Å². The van der Waals surface area contributed by atoms with E-state index in [0.29, 0.717) is 23.9 Å². The highest BCUT2D eigenvalue weighted by atomic mass is 35.5. The lowest BCUT2D eigenvalue weighted by molar-refractivity contribution is 0.625. The summed E-state index contributed by atoms with van der Waals surface area (Å²) in [6.07, 6.45) is 0.884. The van der Waals surface area contributed by atoms with E-state index in [2.05, 4.69) is 30.2 Å². The largest absolute Gasteiger partial charge is 0.358 e. The summed E-state index contributed by atoms with van der Waals surface area (Å²) >= 11 is 7.62. The zero-order chi connectivity index (χ0) is 19.4. The van der Waals surface area contributed by atoms with Gasteiger partial charge in [0.15, 0.2) is 5.17 Å². The summed E-state index contributed by atoms with van der Waals surface area (Å²) in [5, 5.41) is 4.55. The van der Waals surface area contributed by atoms with E-state index in [9.17, 15) is 8.78 Å². The van der Waals surface area contributed by atoms with Crippen molar-refractivity contribution in [1.29, 1.82) is 0 Å². The third-order valence-corrected chi connectivity index (χ3v) is 5.82. The third kappa shape index (κ3) is 4.90. The monoisotopic (exact) mass is 406 g/mol. The van der Waals surface area contributed by atoms with Crippen LogP contribution in [0.15, 0.2) is 47.7 Å². The fraction of sp³-hybridized carbons (Fsp3) is 0.286. The number of benzene rings is 2. The molecule has 6 heteroatoms. The van der Waals surface area contributed by atoms with Crippen LogP contribution in [0, 0.1) is 19.7 Å². The van der Waals surface area contributed by atoms with E-state index in [0.717, 1.165) is 28.6 Å². The second-order valence-corrected chi connectivity index (χ2v) is 8.04. The standard InChI is InChI=1S/C21H21ClF2N2S/c1-13-4-3-5-19(14(13)2)20(26-21-25-6-7-27-21)10-16(12-23)15-8-17(22)11-18(24)9-15/h3-5,8-9,11-12,20H,6-7,10H2,1-2H3,(H,25,26)/b16-12-. The number of nitrogens with zero attached hydrogens (tertiary/aromatic N) is 1. The predicted octanol–water partition coefficient (Wildman–Crippen LogP) is 6.23. The fourth-order valence-electron chi connectivity index (χ4n) is 3.15. The van der Waals surface area contributed by atoms with Gasteiger partial charge in [0, 0.05) is 10.8 Å². The Morgan fingerprint density at radius 3 is 2.81 bits per heavy atom. The molecule has 3 rings (SSSR count). The van der Waals surface area contributed by atoms with Gasteiger partial charge in [0.05, 0.1) is 18.9 Å². The Labute approximate surface area is 167 Å². The van der Waals surface area contributed by atoms with E-state index in [1.807, 2.05) is 12.1 Å². The molecule has 0 aliphatic carbocycles. The molecule has 1 heterocycles. The van der Waals surface area contributed by atoms with E-state index in [1.165, 1.54) is 17.7 Å². The van der Waals surface area contributed by atoms with Crippen LogP contribution < -0.4 is 5.32 Å². The maximum absolute atomic E-state index is 13.8. The Morgan fingerprint density at radius 2 is 2.15 bits per heavy atom. The molecule has 1 unspecified atom stereocenters. The van der Waals surface area contributed by atoms with Crippen molar-refractivity contribution in [3.63, 3.8) is 0 Å². The Bertz CT molecular complexity index is 875. The average Bonchev–Trinajstić information content (AvgIpc) is 3.13. The first-order chi connectivity index (χ1) is 13.0. The second-order valence-electron chi connectivity index (χ2n) is 6.52. The van der Waals surface area contributed by atoms with Gasteiger partial charge in [0.2, 0.25) is 0 Å². The summed E-state index contributed by atoms with van der Waals surface area (Å²) in [6.45, 7) is 4.88. The molecule has 0 amide bonds. The zero-order valence-corrected chi connectivity index (χ0v) is 16.8. The van der Waals surface area contributed by atoms with E-state index < -0.39 is 5.82 Å². The maximum atomic E-state index is 13.8.